The zero-order chi connectivity index (χ0) is 21.3. The molecule has 1 saturated heterocycles. The largest absolute Gasteiger partial charge is 0.493 e. The fraction of sp³-hybridized carbons (Fsp3) is 0.333. The highest BCUT2D eigenvalue weighted by molar-refractivity contribution is 6.35. The molecule has 7 nitrogen and oxygen atoms in total. The molecule has 1 amide bonds. The number of amides is 1. The van der Waals surface area contributed by atoms with Gasteiger partial charge < -0.3 is 14.2 Å². The van der Waals surface area contributed by atoms with E-state index in [9.17, 15) is 4.79 Å². The van der Waals surface area contributed by atoms with E-state index in [1.54, 1.807) is 37.6 Å². The molecule has 0 spiro atoms. The Kier molecular flexibility index (Phi) is 8.33. The molecule has 30 heavy (non-hydrogen) atoms. The van der Waals surface area contributed by atoms with Crippen LogP contribution in [0, 0.1) is 0 Å². The first-order valence-corrected chi connectivity index (χ1v) is 10.2. The molecular formula is C21H23Cl2N3O4. The summed E-state index contributed by atoms with van der Waals surface area (Å²) in [7, 11) is 1.56. The number of carbonyl (C=O) groups excluding carboxylic acids is 1. The Morgan fingerprint density at radius 2 is 2.00 bits per heavy atom. The minimum Gasteiger partial charge on any atom is -0.493 e. The number of hydrogen-bond acceptors (Lipinski definition) is 6. The molecule has 9 heteroatoms. The van der Waals surface area contributed by atoms with Crippen LogP contribution in [0.15, 0.2) is 41.5 Å². The number of methoxy groups -OCH3 is 1. The Labute approximate surface area is 185 Å². The highest BCUT2D eigenvalue weighted by Gasteiger charge is 2.13. The monoisotopic (exact) mass is 451 g/mol. The van der Waals surface area contributed by atoms with Gasteiger partial charge in [0, 0.05) is 28.7 Å². The maximum Gasteiger partial charge on any atom is 0.254 e. The first-order chi connectivity index (χ1) is 14.5. The van der Waals surface area contributed by atoms with Gasteiger partial charge >= 0.3 is 0 Å². The van der Waals surface area contributed by atoms with Crippen LogP contribution >= 0.6 is 23.2 Å². The van der Waals surface area contributed by atoms with Gasteiger partial charge in [-0.05, 0) is 35.9 Å². The average molecular weight is 452 g/mol. The molecule has 160 valence electrons. The molecule has 1 N–H and O–H groups in total. The number of rotatable bonds is 8. The van der Waals surface area contributed by atoms with E-state index in [1.807, 2.05) is 17.0 Å². The van der Waals surface area contributed by atoms with Crippen LogP contribution in [0.4, 0.5) is 0 Å². The summed E-state index contributed by atoms with van der Waals surface area (Å²) in [6.45, 7) is 3.36. The fourth-order valence-electron chi connectivity index (χ4n) is 2.85. The second-order valence-electron chi connectivity index (χ2n) is 6.62. The van der Waals surface area contributed by atoms with E-state index in [0.29, 0.717) is 41.3 Å². The molecule has 0 atom stereocenters. The Hall–Kier alpha value is -2.32. The number of nitrogens with zero attached hydrogens (tertiary/aromatic N) is 2. The highest BCUT2D eigenvalue weighted by atomic mass is 35.5. The molecule has 0 radical (unpaired) electrons. The SMILES string of the molecule is COc1cc(/C=N\NC(=O)CN2CCOCC2)ccc1OCc1ccc(Cl)cc1Cl. The van der Waals surface area contributed by atoms with Crippen LogP contribution in [0.25, 0.3) is 0 Å². The second-order valence-corrected chi connectivity index (χ2v) is 7.46. The van der Waals surface area contributed by atoms with Gasteiger partial charge in [0.1, 0.15) is 6.61 Å². The normalized spacial score (nSPS) is 14.6. The molecule has 0 aliphatic carbocycles. The summed E-state index contributed by atoms with van der Waals surface area (Å²) in [6.07, 6.45) is 1.56. The molecule has 1 heterocycles. The maximum absolute atomic E-state index is 12.0. The van der Waals surface area contributed by atoms with Crippen molar-refractivity contribution < 1.29 is 19.0 Å². The molecule has 0 bridgehead atoms. The zero-order valence-corrected chi connectivity index (χ0v) is 18.1. The topological polar surface area (TPSA) is 72.4 Å². The number of carbonyl (C=O) groups is 1. The van der Waals surface area contributed by atoms with Crippen molar-refractivity contribution in [3.05, 3.63) is 57.6 Å². The third-order valence-electron chi connectivity index (χ3n) is 4.46. The van der Waals surface area contributed by atoms with Gasteiger partial charge in [0.05, 0.1) is 33.1 Å². The van der Waals surface area contributed by atoms with Crippen molar-refractivity contribution in [1.82, 2.24) is 10.3 Å². The summed E-state index contributed by atoms with van der Waals surface area (Å²) in [4.78, 5) is 14.0. The Morgan fingerprint density at radius 3 is 2.73 bits per heavy atom. The Balaban J connectivity index is 1.55. The Bertz CT molecular complexity index is 902. The number of hydrazone groups is 1. The molecule has 0 saturated carbocycles. The molecule has 1 aliphatic rings. The van der Waals surface area contributed by atoms with E-state index >= 15 is 0 Å². The standard InChI is InChI=1S/C21H23Cl2N3O4/c1-28-20-10-15(12-24-25-21(27)13-26-6-8-29-9-7-26)2-5-19(20)30-14-16-3-4-17(22)11-18(16)23/h2-5,10-12H,6-9,13-14H2,1H3,(H,25,27)/b24-12-. The number of halogens is 2. The van der Waals surface area contributed by atoms with Gasteiger partial charge in [-0.3, -0.25) is 9.69 Å². The predicted octanol–water partition coefficient (Wildman–Crippen LogP) is 3.36. The minimum absolute atomic E-state index is 0.167. The molecule has 2 aromatic carbocycles. The lowest BCUT2D eigenvalue weighted by atomic mass is 10.2. The fourth-order valence-corrected chi connectivity index (χ4v) is 3.32. The van der Waals surface area contributed by atoms with Crippen LogP contribution in [0.5, 0.6) is 11.5 Å². The van der Waals surface area contributed by atoms with Crippen LogP contribution in [-0.4, -0.2) is 57.0 Å². The number of ether oxygens (including phenoxy) is 3. The first kappa shape index (κ1) is 22.4. The van der Waals surface area contributed by atoms with Gasteiger partial charge in [-0.1, -0.05) is 29.3 Å². The van der Waals surface area contributed by atoms with Crippen LogP contribution in [0.3, 0.4) is 0 Å². The molecule has 0 unspecified atom stereocenters. The zero-order valence-electron chi connectivity index (χ0n) is 16.6. The predicted molar refractivity (Wildman–Crippen MR) is 117 cm³/mol. The van der Waals surface area contributed by atoms with Crippen molar-refractivity contribution in [2.24, 2.45) is 5.10 Å². The van der Waals surface area contributed by atoms with Crippen LogP contribution in [0.1, 0.15) is 11.1 Å². The number of morpholine rings is 1. The van der Waals surface area contributed by atoms with E-state index in [2.05, 4.69) is 10.5 Å². The van der Waals surface area contributed by atoms with Gasteiger partial charge in [0.25, 0.3) is 5.91 Å². The molecule has 0 aromatic heterocycles. The van der Waals surface area contributed by atoms with Gasteiger partial charge in [-0.15, -0.1) is 0 Å². The van der Waals surface area contributed by atoms with Gasteiger partial charge in [0.15, 0.2) is 11.5 Å². The van der Waals surface area contributed by atoms with Crippen molar-refractivity contribution in [3.63, 3.8) is 0 Å². The van der Waals surface area contributed by atoms with E-state index in [-0.39, 0.29) is 12.5 Å². The van der Waals surface area contributed by atoms with Crippen molar-refractivity contribution >= 4 is 35.3 Å². The van der Waals surface area contributed by atoms with Crippen LogP contribution in [0.2, 0.25) is 10.0 Å². The summed E-state index contributed by atoms with van der Waals surface area (Å²) in [6, 6.07) is 10.6. The van der Waals surface area contributed by atoms with E-state index in [4.69, 9.17) is 37.4 Å². The summed E-state index contributed by atoms with van der Waals surface area (Å²) < 4.78 is 16.5. The molecule has 1 aliphatic heterocycles. The van der Waals surface area contributed by atoms with Gasteiger partial charge in [-0.2, -0.15) is 5.10 Å². The van der Waals surface area contributed by atoms with Crippen LogP contribution < -0.4 is 14.9 Å². The van der Waals surface area contributed by atoms with Crippen LogP contribution in [-0.2, 0) is 16.1 Å². The van der Waals surface area contributed by atoms with Crippen molar-refractivity contribution in [2.45, 2.75) is 6.61 Å². The molecule has 2 aromatic rings. The van der Waals surface area contributed by atoms with E-state index in [0.717, 1.165) is 24.2 Å². The quantitative estimate of drug-likeness (QED) is 0.491. The molecule has 1 fully saturated rings. The van der Waals surface area contributed by atoms with Gasteiger partial charge in [0.2, 0.25) is 0 Å². The van der Waals surface area contributed by atoms with Crippen molar-refractivity contribution in [3.8, 4) is 11.5 Å². The number of nitrogens with one attached hydrogen (secondary N) is 1. The highest BCUT2D eigenvalue weighted by Crippen LogP contribution is 2.29. The molecule has 3 rings (SSSR count). The third-order valence-corrected chi connectivity index (χ3v) is 5.05. The second kappa shape index (κ2) is 11.2. The summed E-state index contributed by atoms with van der Waals surface area (Å²) in [5.41, 5.74) is 4.11. The van der Waals surface area contributed by atoms with E-state index in [1.165, 1.54) is 0 Å². The average Bonchev–Trinajstić information content (AvgIpc) is 2.74. The maximum atomic E-state index is 12.0. The van der Waals surface area contributed by atoms with Crippen molar-refractivity contribution in [2.75, 3.05) is 40.0 Å². The summed E-state index contributed by atoms with van der Waals surface area (Å²) >= 11 is 12.1. The van der Waals surface area contributed by atoms with E-state index < -0.39 is 0 Å². The lowest BCUT2D eigenvalue weighted by molar-refractivity contribution is -0.123. The first-order valence-electron chi connectivity index (χ1n) is 9.42. The number of benzene rings is 2. The lowest BCUT2D eigenvalue weighted by Crippen LogP contribution is -2.42. The third kappa shape index (κ3) is 6.60. The smallest absolute Gasteiger partial charge is 0.254 e. The summed E-state index contributed by atoms with van der Waals surface area (Å²) in [5.74, 6) is 0.945. The minimum atomic E-state index is -0.167. The van der Waals surface area contributed by atoms with Crippen molar-refractivity contribution in [1.29, 1.82) is 0 Å². The van der Waals surface area contributed by atoms with Gasteiger partial charge in [-0.25, -0.2) is 5.43 Å². The lowest BCUT2D eigenvalue weighted by Gasteiger charge is -2.25. The Morgan fingerprint density at radius 1 is 1.20 bits per heavy atom. The molecular weight excluding hydrogens is 429 g/mol. The number of hydrogen-bond donors (Lipinski definition) is 1. The summed E-state index contributed by atoms with van der Waals surface area (Å²) in [5, 5.41) is 5.13.